The van der Waals surface area contributed by atoms with Gasteiger partial charge in [-0.2, -0.15) is 0 Å². The van der Waals surface area contributed by atoms with Crippen LogP contribution in [-0.2, 0) is 9.59 Å². The molecule has 0 saturated heterocycles. The van der Waals surface area contributed by atoms with E-state index in [1.807, 2.05) is 6.08 Å². The zero-order valence-electron chi connectivity index (χ0n) is 6.39. The third-order valence-electron chi connectivity index (χ3n) is 1.89. The molecule has 0 fully saturated rings. The summed E-state index contributed by atoms with van der Waals surface area (Å²) < 4.78 is 0. The van der Waals surface area contributed by atoms with Crippen LogP contribution in [0.15, 0.2) is 23.4 Å². The normalized spacial score (nSPS) is 21.7. The number of amides is 2. The predicted molar refractivity (Wildman–Crippen MR) is 41.9 cm³/mol. The summed E-state index contributed by atoms with van der Waals surface area (Å²) >= 11 is 0. The quantitative estimate of drug-likeness (QED) is 0.504. The van der Waals surface area contributed by atoms with Gasteiger partial charge in [0.2, 0.25) is 11.8 Å². The Morgan fingerprint density at radius 1 is 1.33 bits per heavy atom. The fourth-order valence-corrected chi connectivity index (χ4v) is 1.30. The molecule has 1 heterocycles. The second-order valence-corrected chi connectivity index (χ2v) is 2.73. The van der Waals surface area contributed by atoms with Crippen LogP contribution in [0.1, 0.15) is 6.42 Å². The smallest absolute Gasteiger partial charge is 0.250 e. The molecule has 0 spiro atoms. The summed E-state index contributed by atoms with van der Waals surface area (Å²) in [4.78, 5) is 22.2. The number of carbonyl (C=O) groups is 2. The van der Waals surface area contributed by atoms with Gasteiger partial charge in [0.25, 0.3) is 0 Å². The topological polar surface area (TPSA) is 58.2 Å². The Morgan fingerprint density at radius 3 is 3.00 bits per heavy atom. The highest BCUT2D eigenvalue weighted by atomic mass is 16.2. The first kappa shape index (κ1) is 7.09. The van der Waals surface area contributed by atoms with Gasteiger partial charge >= 0.3 is 0 Å². The van der Waals surface area contributed by atoms with Gasteiger partial charge in [-0.15, -0.1) is 0 Å². The first-order valence-electron chi connectivity index (χ1n) is 3.75. The molecule has 62 valence electrons. The number of allylic oxidation sites excluding steroid dienone is 2. The molecule has 1 aliphatic heterocycles. The summed E-state index contributed by atoms with van der Waals surface area (Å²) in [6.07, 6.45) is 4.23. The van der Waals surface area contributed by atoms with E-state index in [0.29, 0.717) is 17.7 Å². The summed E-state index contributed by atoms with van der Waals surface area (Å²) in [6.45, 7) is 0.0691. The molecule has 0 radical (unpaired) electrons. The maximum atomic E-state index is 11.2. The molecule has 0 atom stereocenters. The van der Waals surface area contributed by atoms with E-state index in [2.05, 4.69) is 10.6 Å². The Kier molecular flexibility index (Phi) is 1.46. The number of carbonyl (C=O) groups excluding carboxylic acids is 2. The van der Waals surface area contributed by atoms with E-state index in [-0.39, 0.29) is 18.4 Å². The van der Waals surface area contributed by atoms with Gasteiger partial charge in [-0.05, 0) is 12.5 Å². The number of rotatable bonds is 0. The molecular weight excluding hydrogens is 156 g/mol. The van der Waals surface area contributed by atoms with Crippen LogP contribution in [0.2, 0.25) is 0 Å². The molecule has 12 heavy (non-hydrogen) atoms. The van der Waals surface area contributed by atoms with Gasteiger partial charge in [-0.25, -0.2) is 0 Å². The van der Waals surface area contributed by atoms with Crippen LogP contribution in [0.4, 0.5) is 0 Å². The van der Waals surface area contributed by atoms with Crippen LogP contribution in [0.3, 0.4) is 0 Å². The summed E-state index contributed by atoms with van der Waals surface area (Å²) in [5.41, 5.74) is 1.30. The van der Waals surface area contributed by atoms with Crippen LogP contribution < -0.4 is 10.6 Å². The lowest BCUT2D eigenvalue weighted by atomic mass is 10.2. The maximum absolute atomic E-state index is 11.2. The molecular formula is C8H8N2O2. The van der Waals surface area contributed by atoms with Gasteiger partial charge in [-0.3, -0.25) is 9.59 Å². The van der Waals surface area contributed by atoms with Crippen LogP contribution in [-0.4, -0.2) is 18.4 Å². The highest BCUT2D eigenvalue weighted by Gasteiger charge is 2.21. The Morgan fingerprint density at radius 2 is 2.17 bits per heavy atom. The van der Waals surface area contributed by atoms with Crippen molar-refractivity contribution in [3.63, 3.8) is 0 Å². The predicted octanol–water partition coefficient (Wildman–Crippen LogP) is -0.554. The van der Waals surface area contributed by atoms with E-state index in [9.17, 15) is 9.59 Å². The van der Waals surface area contributed by atoms with Crippen LogP contribution in [0.5, 0.6) is 0 Å². The van der Waals surface area contributed by atoms with Crippen molar-refractivity contribution in [1.82, 2.24) is 10.6 Å². The van der Waals surface area contributed by atoms with E-state index in [4.69, 9.17) is 0 Å². The summed E-state index contributed by atoms with van der Waals surface area (Å²) in [5, 5.41) is 5.16. The minimum atomic E-state index is -0.167. The molecule has 0 saturated carbocycles. The molecule has 2 amide bonds. The molecule has 0 bridgehead atoms. The lowest BCUT2D eigenvalue weighted by Crippen LogP contribution is -2.31. The highest BCUT2D eigenvalue weighted by Crippen LogP contribution is 2.17. The second-order valence-electron chi connectivity index (χ2n) is 2.73. The molecule has 0 aromatic rings. The van der Waals surface area contributed by atoms with E-state index < -0.39 is 0 Å². The summed E-state index contributed by atoms with van der Waals surface area (Å²) in [7, 11) is 0. The first-order valence-corrected chi connectivity index (χ1v) is 3.75. The molecule has 2 rings (SSSR count). The van der Waals surface area contributed by atoms with Gasteiger partial charge < -0.3 is 10.6 Å². The third-order valence-corrected chi connectivity index (χ3v) is 1.89. The average molecular weight is 164 g/mol. The molecule has 4 heteroatoms. The van der Waals surface area contributed by atoms with Crippen LogP contribution in [0.25, 0.3) is 0 Å². The largest absolute Gasteiger partial charge is 0.343 e. The zero-order valence-corrected chi connectivity index (χ0v) is 6.39. The van der Waals surface area contributed by atoms with Crippen molar-refractivity contribution < 1.29 is 9.59 Å². The Balaban J connectivity index is 2.35. The summed E-state index contributed by atoms with van der Waals surface area (Å²) in [5.74, 6) is -0.312. The minimum absolute atomic E-state index is 0.0691. The van der Waals surface area contributed by atoms with Crippen molar-refractivity contribution in [2.45, 2.75) is 6.42 Å². The number of hydrogen-bond donors (Lipinski definition) is 2. The number of hydrogen-bond acceptors (Lipinski definition) is 2. The van der Waals surface area contributed by atoms with Gasteiger partial charge in [-0.1, -0.05) is 6.08 Å². The molecule has 4 nitrogen and oxygen atoms in total. The van der Waals surface area contributed by atoms with E-state index in [1.165, 1.54) is 0 Å². The molecule has 1 aliphatic carbocycles. The summed E-state index contributed by atoms with van der Waals surface area (Å²) in [6, 6.07) is 0. The fraction of sp³-hybridized carbons (Fsp3) is 0.250. The lowest BCUT2D eigenvalue weighted by Gasteiger charge is -1.99. The van der Waals surface area contributed by atoms with Crippen molar-refractivity contribution in [2.75, 3.05) is 6.54 Å². The third kappa shape index (κ3) is 1.01. The van der Waals surface area contributed by atoms with Gasteiger partial charge in [0.15, 0.2) is 0 Å². The number of nitrogens with one attached hydrogen (secondary N) is 2. The van der Waals surface area contributed by atoms with Crippen molar-refractivity contribution in [3.8, 4) is 0 Å². The van der Waals surface area contributed by atoms with Gasteiger partial charge in [0.1, 0.15) is 0 Å². The molecule has 0 aromatic heterocycles. The monoisotopic (exact) mass is 164 g/mol. The zero-order chi connectivity index (χ0) is 8.55. The van der Waals surface area contributed by atoms with Gasteiger partial charge in [0, 0.05) is 11.3 Å². The SMILES string of the molecule is O=C1CNC(=O)C2=C(C=CC2)N1. The Labute approximate surface area is 69.3 Å². The second kappa shape index (κ2) is 2.48. The first-order chi connectivity index (χ1) is 5.77. The Bertz CT molecular complexity index is 315. The molecule has 0 unspecified atom stereocenters. The van der Waals surface area contributed by atoms with E-state index in [1.54, 1.807) is 6.08 Å². The van der Waals surface area contributed by atoms with Gasteiger partial charge in [0.05, 0.1) is 6.54 Å². The molecule has 2 aliphatic rings. The molecule has 2 N–H and O–H groups in total. The van der Waals surface area contributed by atoms with Crippen molar-refractivity contribution in [3.05, 3.63) is 23.4 Å². The van der Waals surface area contributed by atoms with E-state index >= 15 is 0 Å². The van der Waals surface area contributed by atoms with E-state index in [0.717, 1.165) is 0 Å². The van der Waals surface area contributed by atoms with Crippen LogP contribution in [0, 0.1) is 0 Å². The van der Waals surface area contributed by atoms with Crippen molar-refractivity contribution >= 4 is 11.8 Å². The minimum Gasteiger partial charge on any atom is -0.343 e. The lowest BCUT2D eigenvalue weighted by molar-refractivity contribution is -0.122. The fourth-order valence-electron chi connectivity index (χ4n) is 1.30. The maximum Gasteiger partial charge on any atom is 0.250 e. The standard InChI is InChI=1S/C8H8N2O2/c11-7-4-9-8(12)5-2-1-3-6(5)10-7/h1,3H,2,4H2,(H,9,12)(H,10,11). The van der Waals surface area contributed by atoms with Crippen molar-refractivity contribution in [1.29, 1.82) is 0 Å². The average Bonchev–Trinajstić information content (AvgIpc) is 2.44. The molecule has 0 aromatic carbocycles. The highest BCUT2D eigenvalue weighted by molar-refractivity contribution is 6.00. The van der Waals surface area contributed by atoms with Crippen molar-refractivity contribution in [2.24, 2.45) is 0 Å². The Hall–Kier alpha value is -1.58. The van der Waals surface area contributed by atoms with Crippen LogP contribution >= 0.6 is 0 Å².